The maximum absolute atomic E-state index is 5.38. The van der Waals surface area contributed by atoms with Crippen molar-refractivity contribution in [3.63, 3.8) is 0 Å². The summed E-state index contributed by atoms with van der Waals surface area (Å²) in [4.78, 5) is 7.24. The maximum atomic E-state index is 5.38. The van der Waals surface area contributed by atoms with Crippen LogP contribution < -0.4 is 0 Å². The zero-order valence-corrected chi connectivity index (χ0v) is 13.0. The third-order valence-corrected chi connectivity index (χ3v) is 4.08. The van der Waals surface area contributed by atoms with Crippen LogP contribution in [-0.2, 0) is 0 Å². The average molecular weight is 385 g/mol. The molecule has 0 aliphatic rings. The number of aromatic amines is 1. The summed E-state index contributed by atoms with van der Waals surface area (Å²) in [6, 6.07) is 7.93. The van der Waals surface area contributed by atoms with Gasteiger partial charge in [-0.1, -0.05) is 15.9 Å². The van der Waals surface area contributed by atoms with E-state index < -0.39 is 0 Å². The molecule has 0 radical (unpaired) electrons. The van der Waals surface area contributed by atoms with Crippen LogP contribution in [0.5, 0.6) is 0 Å². The molecule has 0 aliphatic carbocycles. The van der Waals surface area contributed by atoms with Gasteiger partial charge in [-0.05, 0) is 52.4 Å². The quantitative estimate of drug-likeness (QED) is 0.621. The van der Waals surface area contributed by atoms with Crippen molar-refractivity contribution in [2.24, 2.45) is 0 Å². The molecule has 0 saturated heterocycles. The van der Waals surface area contributed by atoms with Crippen molar-refractivity contribution in [1.82, 2.24) is 14.5 Å². The number of fused-ring (bicyclic) bond motifs is 1. The number of halogens is 2. The number of rotatable bonds is 1. The third kappa shape index (κ3) is 1.94. The van der Waals surface area contributed by atoms with E-state index in [-0.39, 0.29) is 0 Å². The molecule has 6 heteroatoms. The Labute approximate surface area is 125 Å². The molecule has 2 heterocycles. The van der Waals surface area contributed by atoms with Crippen LogP contribution in [0.1, 0.15) is 0 Å². The Hall–Kier alpha value is -0.980. The molecule has 0 saturated carbocycles. The van der Waals surface area contributed by atoms with Gasteiger partial charge in [0.25, 0.3) is 0 Å². The Morgan fingerprint density at radius 2 is 2.06 bits per heavy atom. The van der Waals surface area contributed by atoms with E-state index in [0.717, 1.165) is 25.7 Å². The van der Waals surface area contributed by atoms with Crippen LogP contribution in [0.4, 0.5) is 0 Å². The van der Waals surface area contributed by atoms with Gasteiger partial charge in [0.05, 0.1) is 22.9 Å². The zero-order chi connectivity index (χ0) is 12.7. The standard InChI is InChI=1S/C12H7Br2N3S/c13-7-1-2-8(14)11(5-7)17-10-3-4-15-6-9(10)16-12(17)18/h1-6H,(H,16,18). The summed E-state index contributed by atoms with van der Waals surface area (Å²) >= 11 is 12.4. The minimum atomic E-state index is 0.650. The van der Waals surface area contributed by atoms with Crippen molar-refractivity contribution < 1.29 is 0 Å². The Morgan fingerprint density at radius 1 is 1.22 bits per heavy atom. The maximum Gasteiger partial charge on any atom is 0.182 e. The van der Waals surface area contributed by atoms with Crippen molar-refractivity contribution in [3.8, 4) is 5.69 Å². The van der Waals surface area contributed by atoms with Gasteiger partial charge in [-0.25, -0.2) is 0 Å². The second-order valence-corrected chi connectivity index (χ2v) is 5.91. The second-order valence-electron chi connectivity index (χ2n) is 3.75. The van der Waals surface area contributed by atoms with Crippen molar-refractivity contribution in [1.29, 1.82) is 0 Å². The van der Waals surface area contributed by atoms with Gasteiger partial charge >= 0.3 is 0 Å². The summed E-state index contributed by atoms with van der Waals surface area (Å²) in [5.74, 6) is 0. The van der Waals surface area contributed by atoms with E-state index >= 15 is 0 Å². The molecule has 3 nitrogen and oxygen atoms in total. The highest BCUT2D eigenvalue weighted by Gasteiger charge is 2.09. The van der Waals surface area contributed by atoms with Crippen molar-refractivity contribution in [3.05, 3.63) is 50.4 Å². The first-order valence-corrected chi connectivity index (χ1v) is 7.16. The predicted molar refractivity (Wildman–Crippen MR) is 81.7 cm³/mol. The molecular weight excluding hydrogens is 378 g/mol. The fourth-order valence-corrected chi connectivity index (χ4v) is 2.93. The van der Waals surface area contributed by atoms with E-state index in [1.54, 1.807) is 12.4 Å². The predicted octanol–water partition coefficient (Wildman–Crippen LogP) is 4.61. The molecule has 2 aromatic heterocycles. The highest BCUT2D eigenvalue weighted by atomic mass is 79.9. The van der Waals surface area contributed by atoms with Crippen LogP contribution >= 0.6 is 44.1 Å². The molecule has 0 fully saturated rings. The van der Waals surface area contributed by atoms with E-state index in [4.69, 9.17) is 12.2 Å². The topological polar surface area (TPSA) is 33.6 Å². The summed E-state index contributed by atoms with van der Waals surface area (Å²) in [5.41, 5.74) is 2.93. The third-order valence-electron chi connectivity index (χ3n) is 2.63. The average Bonchev–Trinajstić information content (AvgIpc) is 2.68. The number of hydrogen-bond acceptors (Lipinski definition) is 2. The number of aromatic nitrogens is 3. The molecule has 1 N–H and O–H groups in total. The number of imidazole rings is 1. The normalized spacial score (nSPS) is 11.0. The van der Waals surface area contributed by atoms with Crippen LogP contribution in [0.2, 0.25) is 0 Å². The largest absolute Gasteiger partial charge is 0.329 e. The Morgan fingerprint density at radius 3 is 2.89 bits per heavy atom. The second kappa shape index (κ2) is 4.60. The fourth-order valence-electron chi connectivity index (χ4n) is 1.86. The molecule has 3 rings (SSSR count). The lowest BCUT2D eigenvalue weighted by Gasteiger charge is -2.07. The number of hydrogen-bond donors (Lipinski definition) is 1. The molecule has 0 atom stereocenters. The first kappa shape index (κ1) is 12.1. The van der Waals surface area contributed by atoms with Crippen molar-refractivity contribution >= 4 is 55.1 Å². The van der Waals surface area contributed by atoms with Crippen LogP contribution in [0.3, 0.4) is 0 Å². The Balaban J connectivity index is 2.41. The van der Waals surface area contributed by atoms with Gasteiger partial charge in [0, 0.05) is 15.1 Å². The van der Waals surface area contributed by atoms with E-state index in [0.29, 0.717) is 4.77 Å². The first-order valence-electron chi connectivity index (χ1n) is 5.17. The van der Waals surface area contributed by atoms with Crippen LogP contribution in [0.25, 0.3) is 16.7 Å². The highest BCUT2D eigenvalue weighted by Crippen LogP contribution is 2.28. The van der Waals surface area contributed by atoms with Crippen LogP contribution in [-0.4, -0.2) is 14.5 Å². The van der Waals surface area contributed by atoms with E-state index in [1.165, 1.54) is 0 Å². The van der Waals surface area contributed by atoms with Gasteiger partial charge in [0.15, 0.2) is 4.77 Å². The molecule has 90 valence electrons. The van der Waals surface area contributed by atoms with E-state index in [9.17, 15) is 0 Å². The molecule has 0 bridgehead atoms. The number of pyridine rings is 1. The number of nitrogens with one attached hydrogen (secondary N) is 1. The SMILES string of the molecule is S=c1[nH]c2cnccc2n1-c1cc(Br)ccc1Br. The Kier molecular flexibility index (Phi) is 3.09. The van der Waals surface area contributed by atoms with Gasteiger partial charge < -0.3 is 4.98 Å². The molecule has 18 heavy (non-hydrogen) atoms. The monoisotopic (exact) mass is 383 g/mol. The molecule has 3 aromatic rings. The van der Waals surface area contributed by atoms with Crippen LogP contribution in [0.15, 0.2) is 45.6 Å². The minimum Gasteiger partial charge on any atom is -0.329 e. The lowest BCUT2D eigenvalue weighted by Crippen LogP contribution is -1.95. The molecular formula is C12H7Br2N3S. The number of nitrogens with zero attached hydrogens (tertiary/aromatic N) is 2. The smallest absolute Gasteiger partial charge is 0.182 e. The lowest BCUT2D eigenvalue weighted by atomic mass is 10.3. The van der Waals surface area contributed by atoms with Gasteiger partial charge in [0.2, 0.25) is 0 Å². The zero-order valence-electron chi connectivity index (χ0n) is 9.02. The van der Waals surface area contributed by atoms with E-state index in [2.05, 4.69) is 41.8 Å². The lowest BCUT2D eigenvalue weighted by molar-refractivity contribution is 1.06. The minimum absolute atomic E-state index is 0.650. The summed E-state index contributed by atoms with van der Waals surface area (Å²) in [6.07, 6.45) is 3.53. The van der Waals surface area contributed by atoms with Gasteiger partial charge in [-0.3, -0.25) is 9.55 Å². The summed E-state index contributed by atoms with van der Waals surface area (Å²) in [7, 11) is 0. The van der Waals surface area contributed by atoms with Crippen molar-refractivity contribution in [2.75, 3.05) is 0 Å². The van der Waals surface area contributed by atoms with Gasteiger partial charge in [0.1, 0.15) is 0 Å². The molecule has 1 aromatic carbocycles. The van der Waals surface area contributed by atoms with Crippen molar-refractivity contribution in [2.45, 2.75) is 0 Å². The summed E-state index contributed by atoms with van der Waals surface area (Å²) in [5, 5.41) is 0. The first-order chi connectivity index (χ1) is 8.66. The van der Waals surface area contributed by atoms with Gasteiger partial charge in [-0.2, -0.15) is 0 Å². The molecule has 0 unspecified atom stereocenters. The number of H-pyrrole nitrogens is 1. The summed E-state index contributed by atoms with van der Waals surface area (Å²) < 4.78 is 4.63. The molecule has 0 amide bonds. The van der Waals surface area contributed by atoms with Gasteiger partial charge in [-0.15, -0.1) is 0 Å². The number of benzene rings is 1. The Bertz CT molecular complexity index is 791. The highest BCUT2D eigenvalue weighted by molar-refractivity contribution is 9.11. The summed E-state index contributed by atoms with van der Waals surface area (Å²) in [6.45, 7) is 0. The molecule has 0 spiro atoms. The van der Waals surface area contributed by atoms with E-state index in [1.807, 2.05) is 28.8 Å². The fraction of sp³-hybridized carbons (Fsp3) is 0. The van der Waals surface area contributed by atoms with Crippen LogP contribution in [0, 0.1) is 4.77 Å². The molecule has 0 aliphatic heterocycles.